The van der Waals surface area contributed by atoms with Crippen LogP contribution in [0.2, 0.25) is 5.02 Å². The van der Waals surface area contributed by atoms with Crippen molar-refractivity contribution >= 4 is 23.2 Å². The van der Waals surface area contributed by atoms with Crippen LogP contribution < -0.4 is 4.74 Å². The summed E-state index contributed by atoms with van der Waals surface area (Å²) in [6.45, 7) is 5.71. The molecule has 0 saturated heterocycles. The van der Waals surface area contributed by atoms with Crippen LogP contribution >= 0.6 is 11.6 Å². The van der Waals surface area contributed by atoms with Crippen molar-refractivity contribution in [2.24, 2.45) is 5.41 Å². The Balaban J connectivity index is 1.94. The van der Waals surface area contributed by atoms with Crippen LogP contribution in [0.4, 0.5) is 13.2 Å². The second-order valence-electron chi connectivity index (χ2n) is 8.34. The number of aryl methyl sites for hydroxylation is 1. The lowest BCUT2D eigenvalue weighted by atomic mass is 9.69. The van der Waals surface area contributed by atoms with Crippen molar-refractivity contribution in [3.05, 3.63) is 58.1 Å². The molecule has 160 valence electrons. The highest BCUT2D eigenvalue weighted by Crippen LogP contribution is 2.41. The Morgan fingerprint density at radius 1 is 1.07 bits per heavy atom. The van der Waals surface area contributed by atoms with Crippen LogP contribution in [0.15, 0.2) is 36.4 Å². The van der Waals surface area contributed by atoms with Gasteiger partial charge in [0.2, 0.25) is 0 Å². The van der Waals surface area contributed by atoms with Crippen molar-refractivity contribution in [2.45, 2.75) is 52.1 Å². The predicted octanol–water partition coefficient (Wildman–Crippen LogP) is 6.76. The summed E-state index contributed by atoms with van der Waals surface area (Å²) in [4.78, 5) is 25.5. The van der Waals surface area contributed by atoms with Crippen LogP contribution in [-0.2, 0) is 22.2 Å². The molecule has 7 heteroatoms. The number of benzene rings is 2. The van der Waals surface area contributed by atoms with Gasteiger partial charge >= 0.3 is 6.18 Å². The van der Waals surface area contributed by atoms with Gasteiger partial charge in [0.25, 0.3) is 0 Å². The molecule has 0 N–H and O–H groups in total. The Kier molecular flexibility index (Phi) is 6.01. The van der Waals surface area contributed by atoms with E-state index in [1.54, 1.807) is 18.2 Å². The first-order chi connectivity index (χ1) is 13.9. The van der Waals surface area contributed by atoms with E-state index in [1.807, 2.05) is 20.8 Å². The van der Waals surface area contributed by atoms with Crippen LogP contribution in [0.1, 0.15) is 56.2 Å². The van der Waals surface area contributed by atoms with Gasteiger partial charge in [0.05, 0.1) is 10.6 Å². The quantitative estimate of drug-likeness (QED) is 0.495. The Morgan fingerprint density at radius 2 is 1.70 bits per heavy atom. The standard InChI is InChI=1S/C23H22ClF3O3/c1-4-13-5-7-15(30-20-8-6-14(9-17(20)24)23(25,26)27)10-16(13)21-18(28)11-22(2,3)12-19(21)29/h5-10,21H,4,11-12H2,1-3H3. The molecule has 0 aromatic heterocycles. The zero-order valence-corrected chi connectivity index (χ0v) is 17.7. The number of rotatable bonds is 4. The number of Topliss-reactive ketones (excluding diaryl/α,β-unsaturated/α-hetero) is 2. The van der Waals surface area contributed by atoms with E-state index in [0.717, 1.165) is 23.8 Å². The summed E-state index contributed by atoms with van der Waals surface area (Å²) < 4.78 is 44.2. The van der Waals surface area contributed by atoms with E-state index in [2.05, 4.69) is 0 Å². The zero-order valence-electron chi connectivity index (χ0n) is 16.9. The minimum atomic E-state index is -4.51. The highest BCUT2D eigenvalue weighted by atomic mass is 35.5. The van der Waals surface area contributed by atoms with Gasteiger partial charge < -0.3 is 4.74 Å². The third-order valence-electron chi connectivity index (χ3n) is 5.25. The maximum Gasteiger partial charge on any atom is 0.416 e. The minimum absolute atomic E-state index is 0.0577. The smallest absolute Gasteiger partial charge is 0.416 e. The number of hydrogen-bond donors (Lipinski definition) is 0. The molecule has 0 unspecified atom stereocenters. The molecule has 2 aromatic carbocycles. The van der Waals surface area contributed by atoms with Crippen molar-refractivity contribution in [3.63, 3.8) is 0 Å². The number of carbonyl (C=O) groups is 2. The third kappa shape index (κ3) is 4.69. The maximum atomic E-state index is 12.8. The Labute approximate surface area is 178 Å². The molecular formula is C23H22ClF3O3. The summed E-state index contributed by atoms with van der Waals surface area (Å²) >= 11 is 5.98. The highest BCUT2D eigenvalue weighted by Gasteiger charge is 2.41. The lowest BCUT2D eigenvalue weighted by Crippen LogP contribution is -2.36. The highest BCUT2D eigenvalue weighted by molar-refractivity contribution is 6.32. The number of ketones is 2. The van der Waals surface area contributed by atoms with E-state index in [-0.39, 0.29) is 27.8 Å². The van der Waals surface area contributed by atoms with Crippen molar-refractivity contribution < 1.29 is 27.5 Å². The van der Waals surface area contributed by atoms with Crippen LogP contribution in [0.25, 0.3) is 0 Å². The van der Waals surface area contributed by atoms with Crippen molar-refractivity contribution in [1.29, 1.82) is 0 Å². The largest absolute Gasteiger partial charge is 0.456 e. The first-order valence-electron chi connectivity index (χ1n) is 9.64. The molecule has 0 amide bonds. The summed E-state index contributed by atoms with van der Waals surface area (Å²) in [7, 11) is 0. The Bertz CT molecular complexity index is 976. The molecule has 0 spiro atoms. The van der Waals surface area contributed by atoms with Crippen LogP contribution in [0.3, 0.4) is 0 Å². The molecule has 0 radical (unpaired) electrons. The second kappa shape index (κ2) is 8.06. The van der Waals surface area contributed by atoms with Gasteiger partial charge in [0.1, 0.15) is 29.0 Å². The first kappa shape index (κ1) is 22.3. The van der Waals surface area contributed by atoms with E-state index < -0.39 is 17.7 Å². The van der Waals surface area contributed by atoms with E-state index >= 15 is 0 Å². The second-order valence-corrected chi connectivity index (χ2v) is 8.75. The summed E-state index contributed by atoms with van der Waals surface area (Å²) in [6, 6.07) is 7.87. The Hall–Kier alpha value is -2.34. The number of hydrogen-bond acceptors (Lipinski definition) is 3. The van der Waals surface area contributed by atoms with Gasteiger partial charge in [-0.05, 0) is 53.3 Å². The number of alkyl halides is 3. The molecule has 0 bridgehead atoms. The van der Waals surface area contributed by atoms with E-state index in [4.69, 9.17) is 16.3 Å². The van der Waals surface area contributed by atoms with Crippen LogP contribution in [0, 0.1) is 5.41 Å². The van der Waals surface area contributed by atoms with Gasteiger partial charge in [-0.15, -0.1) is 0 Å². The fourth-order valence-electron chi connectivity index (χ4n) is 3.85. The van der Waals surface area contributed by atoms with E-state index in [1.165, 1.54) is 0 Å². The SMILES string of the molecule is CCc1ccc(Oc2ccc(C(F)(F)F)cc2Cl)cc1C1C(=O)CC(C)(C)CC1=O. The van der Waals surface area contributed by atoms with Gasteiger partial charge in [-0.3, -0.25) is 9.59 Å². The Morgan fingerprint density at radius 3 is 2.23 bits per heavy atom. The molecule has 0 atom stereocenters. The average molecular weight is 439 g/mol. The van der Waals surface area contributed by atoms with E-state index in [0.29, 0.717) is 30.6 Å². The molecule has 1 saturated carbocycles. The van der Waals surface area contributed by atoms with Gasteiger partial charge in [-0.2, -0.15) is 13.2 Å². The number of halogens is 4. The molecule has 3 nitrogen and oxygen atoms in total. The molecule has 0 heterocycles. The van der Waals surface area contributed by atoms with Crippen molar-refractivity contribution in [1.82, 2.24) is 0 Å². The summed E-state index contributed by atoms with van der Waals surface area (Å²) in [6.07, 6.45) is -3.27. The molecule has 1 fully saturated rings. The summed E-state index contributed by atoms with van der Waals surface area (Å²) in [5, 5.41) is -0.183. The fraction of sp³-hybridized carbons (Fsp3) is 0.391. The maximum absolute atomic E-state index is 12.8. The number of ether oxygens (including phenoxy) is 1. The molecule has 30 heavy (non-hydrogen) atoms. The van der Waals surface area contributed by atoms with Crippen LogP contribution in [-0.4, -0.2) is 11.6 Å². The lowest BCUT2D eigenvalue weighted by Gasteiger charge is -2.33. The normalized spacial score (nSPS) is 17.3. The average Bonchev–Trinajstić information content (AvgIpc) is 2.61. The van der Waals surface area contributed by atoms with Gasteiger partial charge in [0.15, 0.2) is 0 Å². The summed E-state index contributed by atoms with van der Waals surface area (Å²) in [5.74, 6) is -0.748. The van der Waals surface area contributed by atoms with Gasteiger partial charge in [-0.25, -0.2) is 0 Å². The predicted molar refractivity (Wildman–Crippen MR) is 108 cm³/mol. The van der Waals surface area contributed by atoms with Gasteiger partial charge in [0, 0.05) is 12.8 Å². The molecule has 1 aliphatic rings. The van der Waals surface area contributed by atoms with Crippen molar-refractivity contribution in [2.75, 3.05) is 0 Å². The number of carbonyl (C=O) groups excluding carboxylic acids is 2. The molecular weight excluding hydrogens is 417 g/mol. The van der Waals surface area contributed by atoms with E-state index in [9.17, 15) is 22.8 Å². The zero-order chi connectivity index (χ0) is 22.3. The topological polar surface area (TPSA) is 43.4 Å². The molecule has 3 rings (SSSR count). The monoisotopic (exact) mass is 438 g/mol. The summed E-state index contributed by atoms with van der Waals surface area (Å²) in [5.41, 5.74) is 0.206. The van der Waals surface area contributed by atoms with Crippen LogP contribution in [0.5, 0.6) is 11.5 Å². The fourth-order valence-corrected chi connectivity index (χ4v) is 4.07. The lowest BCUT2D eigenvalue weighted by molar-refractivity contribution is -0.138. The molecule has 1 aliphatic carbocycles. The molecule has 2 aromatic rings. The third-order valence-corrected chi connectivity index (χ3v) is 5.54. The van der Waals surface area contributed by atoms with Gasteiger partial charge in [-0.1, -0.05) is 38.4 Å². The first-order valence-corrected chi connectivity index (χ1v) is 10.0. The van der Waals surface area contributed by atoms with Crippen molar-refractivity contribution in [3.8, 4) is 11.5 Å². The molecule has 0 aliphatic heterocycles. The minimum Gasteiger partial charge on any atom is -0.456 e.